The average Bonchev–Trinajstić information content (AvgIpc) is 2.15. The molecule has 0 spiro atoms. The summed E-state index contributed by atoms with van der Waals surface area (Å²) >= 11 is 0. The van der Waals surface area contributed by atoms with Gasteiger partial charge in [-0.05, 0) is 32.0 Å². The molecule has 1 aromatic carbocycles. The maximum absolute atomic E-state index is 13.2. The highest BCUT2D eigenvalue weighted by Gasteiger charge is 2.26. The molecule has 1 aromatic rings. The summed E-state index contributed by atoms with van der Waals surface area (Å²) in [5.74, 6) is -0.650. The lowest BCUT2D eigenvalue weighted by atomic mass is 10.3. The van der Waals surface area contributed by atoms with Gasteiger partial charge in [0.25, 0.3) is 0 Å². The molecule has 0 heterocycles. The Balaban J connectivity index is 3.30. The summed E-state index contributed by atoms with van der Waals surface area (Å²) in [5.41, 5.74) is 5.55. The normalized spacial score (nSPS) is 12.4. The Bertz CT molecular complexity index is 480. The second-order valence-electron chi connectivity index (χ2n) is 4.02. The van der Waals surface area contributed by atoms with Crippen LogP contribution in [0, 0.1) is 5.82 Å². The van der Waals surface area contributed by atoms with Crippen LogP contribution in [0.15, 0.2) is 23.1 Å². The Morgan fingerprint density at radius 1 is 1.35 bits per heavy atom. The Hall–Kier alpha value is -1.14. The summed E-state index contributed by atoms with van der Waals surface area (Å²) in [5, 5.41) is 0. The third-order valence-corrected chi connectivity index (χ3v) is 4.52. The van der Waals surface area contributed by atoms with E-state index in [0.29, 0.717) is 6.54 Å². The molecular formula is C11H17FN2O2S. The van der Waals surface area contributed by atoms with Gasteiger partial charge in [-0.2, -0.15) is 4.31 Å². The summed E-state index contributed by atoms with van der Waals surface area (Å²) < 4.78 is 38.9. The number of rotatable bonds is 4. The molecule has 0 radical (unpaired) electrons. The van der Waals surface area contributed by atoms with E-state index < -0.39 is 15.8 Å². The highest BCUT2D eigenvalue weighted by Crippen LogP contribution is 2.21. The molecule has 0 saturated heterocycles. The van der Waals surface area contributed by atoms with Gasteiger partial charge in [0.1, 0.15) is 5.82 Å². The minimum Gasteiger partial charge on any atom is -0.399 e. The van der Waals surface area contributed by atoms with E-state index in [0.717, 1.165) is 12.1 Å². The monoisotopic (exact) mass is 260 g/mol. The maximum atomic E-state index is 13.2. The summed E-state index contributed by atoms with van der Waals surface area (Å²) in [6.07, 6.45) is 0. The quantitative estimate of drug-likeness (QED) is 0.840. The molecule has 6 heteroatoms. The van der Waals surface area contributed by atoms with Gasteiger partial charge in [-0.15, -0.1) is 0 Å². The first-order valence-corrected chi connectivity index (χ1v) is 6.81. The lowest BCUT2D eigenvalue weighted by molar-refractivity contribution is 0.369. The van der Waals surface area contributed by atoms with E-state index in [2.05, 4.69) is 0 Å². The van der Waals surface area contributed by atoms with Crippen LogP contribution in [0.3, 0.4) is 0 Å². The van der Waals surface area contributed by atoms with Gasteiger partial charge < -0.3 is 5.73 Å². The van der Waals surface area contributed by atoms with E-state index in [1.807, 2.05) is 0 Å². The largest absolute Gasteiger partial charge is 0.399 e. The van der Waals surface area contributed by atoms with Crippen molar-refractivity contribution >= 4 is 15.7 Å². The predicted octanol–water partition coefficient (Wildman–Crippen LogP) is 1.83. The van der Waals surface area contributed by atoms with Crippen LogP contribution in [0.5, 0.6) is 0 Å². The van der Waals surface area contributed by atoms with Gasteiger partial charge in [-0.1, -0.05) is 6.92 Å². The van der Waals surface area contributed by atoms with Crippen molar-refractivity contribution in [3.05, 3.63) is 24.0 Å². The van der Waals surface area contributed by atoms with Crippen molar-refractivity contribution in [2.24, 2.45) is 0 Å². The second kappa shape index (κ2) is 5.01. The highest BCUT2D eigenvalue weighted by atomic mass is 32.2. The minimum absolute atomic E-state index is 0.100. The number of nitrogen functional groups attached to an aromatic ring is 1. The number of hydrogen-bond donors (Lipinski definition) is 1. The van der Waals surface area contributed by atoms with Crippen LogP contribution in [-0.4, -0.2) is 25.3 Å². The summed E-state index contributed by atoms with van der Waals surface area (Å²) in [4.78, 5) is -0.106. The lowest BCUT2D eigenvalue weighted by Gasteiger charge is -2.24. The van der Waals surface area contributed by atoms with Crippen molar-refractivity contribution in [1.29, 1.82) is 0 Å². The van der Waals surface area contributed by atoms with E-state index >= 15 is 0 Å². The van der Waals surface area contributed by atoms with Gasteiger partial charge in [0.05, 0.1) is 4.90 Å². The molecule has 0 bridgehead atoms. The zero-order chi connectivity index (χ0) is 13.2. The minimum atomic E-state index is -3.68. The number of hydrogen-bond acceptors (Lipinski definition) is 3. The van der Waals surface area contributed by atoms with Crippen LogP contribution in [0.4, 0.5) is 10.1 Å². The third-order valence-electron chi connectivity index (χ3n) is 2.39. The van der Waals surface area contributed by atoms with Crippen LogP contribution in [0.25, 0.3) is 0 Å². The average molecular weight is 260 g/mol. The Kier molecular flexibility index (Phi) is 4.11. The summed E-state index contributed by atoms with van der Waals surface area (Å²) in [6.45, 7) is 5.60. The maximum Gasteiger partial charge on any atom is 0.243 e. The lowest BCUT2D eigenvalue weighted by Crippen LogP contribution is -2.36. The number of halogens is 1. The van der Waals surface area contributed by atoms with Gasteiger partial charge in [0.15, 0.2) is 0 Å². The number of benzene rings is 1. The van der Waals surface area contributed by atoms with Crippen molar-refractivity contribution in [1.82, 2.24) is 4.31 Å². The van der Waals surface area contributed by atoms with E-state index in [1.54, 1.807) is 20.8 Å². The first-order chi connectivity index (χ1) is 7.78. The number of nitrogens with two attached hydrogens (primary N) is 1. The van der Waals surface area contributed by atoms with E-state index in [9.17, 15) is 12.8 Å². The van der Waals surface area contributed by atoms with E-state index in [1.165, 1.54) is 10.4 Å². The SMILES string of the molecule is CCN(C(C)C)S(=O)(=O)c1cc(N)cc(F)c1. The molecule has 2 N–H and O–H groups in total. The zero-order valence-electron chi connectivity index (χ0n) is 10.1. The zero-order valence-corrected chi connectivity index (χ0v) is 11.0. The molecule has 0 saturated carbocycles. The van der Waals surface area contributed by atoms with Crippen LogP contribution in [0.1, 0.15) is 20.8 Å². The van der Waals surface area contributed by atoms with Crippen LogP contribution < -0.4 is 5.73 Å². The molecule has 0 aliphatic carbocycles. The fraction of sp³-hybridized carbons (Fsp3) is 0.455. The second-order valence-corrected chi connectivity index (χ2v) is 5.91. The molecule has 0 unspecified atom stereocenters. The molecule has 0 aromatic heterocycles. The molecule has 0 aliphatic rings. The van der Waals surface area contributed by atoms with Crippen LogP contribution in [0.2, 0.25) is 0 Å². The smallest absolute Gasteiger partial charge is 0.243 e. The highest BCUT2D eigenvalue weighted by molar-refractivity contribution is 7.89. The predicted molar refractivity (Wildman–Crippen MR) is 65.5 cm³/mol. The van der Waals surface area contributed by atoms with Crippen molar-refractivity contribution < 1.29 is 12.8 Å². The van der Waals surface area contributed by atoms with E-state index in [4.69, 9.17) is 5.73 Å². The first kappa shape index (κ1) is 13.9. The summed E-state index contributed by atoms with van der Waals surface area (Å²) in [6, 6.07) is 3.15. The Morgan fingerprint density at radius 3 is 2.35 bits per heavy atom. The number of sulfonamides is 1. The van der Waals surface area contributed by atoms with Crippen LogP contribution in [-0.2, 0) is 10.0 Å². The van der Waals surface area contributed by atoms with Gasteiger partial charge in [-0.25, -0.2) is 12.8 Å². The van der Waals surface area contributed by atoms with Crippen molar-refractivity contribution in [2.75, 3.05) is 12.3 Å². The van der Waals surface area contributed by atoms with Gasteiger partial charge in [-0.3, -0.25) is 0 Å². The topological polar surface area (TPSA) is 63.4 Å². The molecule has 0 atom stereocenters. The van der Waals surface area contributed by atoms with Crippen molar-refractivity contribution in [2.45, 2.75) is 31.7 Å². The van der Waals surface area contributed by atoms with Crippen molar-refractivity contribution in [3.63, 3.8) is 0 Å². The third kappa shape index (κ3) is 2.95. The molecule has 1 rings (SSSR count). The molecule has 4 nitrogen and oxygen atoms in total. The van der Waals surface area contributed by atoms with Crippen LogP contribution >= 0.6 is 0 Å². The Morgan fingerprint density at radius 2 is 1.94 bits per heavy atom. The molecule has 0 amide bonds. The van der Waals surface area contributed by atoms with Gasteiger partial charge in [0, 0.05) is 18.3 Å². The van der Waals surface area contributed by atoms with Gasteiger partial charge >= 0.3 is 0 Å². The fourth-order valence-corrected chi connectivity index (χ4v) is 3.39. The summed E-state index contributed by atoms with van der Waals surface area (Å²) in [7, 11) is -3.68. The molecule has 96 valence electrons. The Labute approximate surface area is 101 Å². The molecule has 0 aliphatic heterocycles. The first-order valence-electron chi connectivity index (χ1n) is 5.37. The van der Waals surface area contributed by atoms with E-state index in [-0.39, 0.29) is 16.6 Å². The number of anilines is 1. The van der Waals surface area contributed by atoms with Crippen molar-refractivity contribution in [3.8, 4) is 0 Å². The van der Waals surface area contributed by atoms with Gasteiger partial charge in [0.2, 0.25) is 10.0 Å². The molecule has 0 fully saturated rings. The fourth-order valence-electron chi connectivity index (χ4n) is 1.68. The molecule has 17 heavy (non-hydrogen) atoms. The number of nitrogens with zero attached hydrogens (tertiary/aromatic N) is 1. The molecular weight excluding hydrogens is 243 g/mol. The standard InChI is InChI=1S/C11H17FN2O2S/c1-4-14(8(2)3)17(15,16)11-6-9(12)5-10(13)7-11/h5-8H,4,13H2,1-3H3.